The highest BCUT2D eigenvalue weighted by atomic mass is 35.5. The molecule has 1 N–H and O–H groups in total. The third-order valence-corrected chi connectivity index (χ3v) is 4.09. The summed E-state index contributed by atoms with van der Waals surface area (Å²) in [4.78, 5) is 12.1. The number of anilines is 1. The van der Waals surface area contributed by atoms with E-state index >= 15 is 0 Å². The molecular formula is C17H14Cl3NO2. The van der Waals surface area contributed by atoms with Gasteiger partial charge >= 0.3 is 0 Å². The highest BCUT2D eigenvalue weighted by Gasteiger charge is 2.09. The van der Waals surface area contributed by atoms with Crippen LogP contribution in [0.1, 0.15) is 11.1 Å². The molecule has 0 bridgehead atoms. The van der Waals surface area contributed by atoms with Crippen LogP contribution in [0.5, 0.6) is 5.75 Å². The third kappa shape index (κ3) is 4.41. The first kappa shape index (κ1) is 17.7. The molecule has 2 rings (SSSR count). The molecule has 2 aromatic rings. The molecule has 1 amide bonds. The van der Waals surface area contributed by atoms with Gasteiger partial charge in [0, 0.05) is 27.4 Å². The van der Waals surface area contributed by atoms with Crippen LogP contribution in [0.4, 0.5) is 5.69 Å². The lowest BCUT2D eigenvalue weighted by Gasteiger charge is -2.09. The van der Waals surface area contributed by atoms with Gasteiger partial charge in [0.05, 0.1) is 12.1 Å². The van der Waals surface area contributed by atoms with E-state index in [1.807, 2.05) is 6.92 Å². The Morgan fingerprint density at radius 1 is 1.17 bits per heavy atom. The van der Waals surface area contributed by atoms with Gasteiger partial charge in [-0.3, -0.25) is 4.79 Å². The van der Waals surface area contributed by atoms with Crippen LogP contribution in [-0.2, 0) is 4.79 Å². The molecule has 6 heteroatoms. The fourth-order valence-corrected chi connectivity index (χ4v) is 2.76. The second-order valence-corrected chi connectivity index (χ2v) is 6.00. The van der Waals surface area contributed by atoms with Crippen molar-refractivity contribution in [3.63, 3.8) is 0 Å². The number of ether oxygens (including phenoxy) is 1. The number of hydrogen-bond donors (Lipinski definition) is 1. The van der Waals surface area contributed by atoms with Gasteiger partial charge in [-0.2, -0.15) is 0 Å². The van der Waals surface area contributed by atoms with Crippen molar-refractivity contribution < 1.29 is 9.53 Å². The molecule has 120 valence electrons. The number of nitrogens with one attached hydrogen (secondary N) is 1. The summed E-state index contributed by atoms with van der Waals surface area (Å²) in [5.74, 6) is 0.160. The maximum atomic E-state index is 12.1. The Hall–Kier alpha value is -1.68. The molecule has 0 aromatic heterocycles. The molecule has 0 aliphatic heterocycles. The Morgan fingerprint density at radius 2 is 1.91 bits per heavy atom. The van der Waals surface area contributed by atoms with Crippen molar-refractivity contribution in [3.05, 3.63) is 62.6 Å². The van der Waals surface area contributed by atoms with E-state index in [-0.39, 0.29) is 5.91 Å². The summed E-state index contributed by atoms with van der Waals surface area (Å²) in [5, 5.41) is 4.20. The first-order valence-corrected chi connectivity index (χ1v) is 7.83. The molecule has 0 fully saturated rings. The Kier molecular flexibility index (Phi) is 5.94. The number of methoxy groups -OCH3 is 1. The second kappa shape index (κ2) is 7.73. The fraction of sp³-hybridized carbons (Fsp3) is 0.118. The van der Waals surface area contributed by atoms with Crippen molar-refractivity contribution >= 4 is 52.5 Å². The molecule has 3 nitrogen and oxygen atoms in total. The zero-order valence-corrected chi connectivity index (χ0v) is 14.8. The maximum absolute atomic E-state index is 12.1. The van der Waals surface area contributed by atoms with E-state index in [4.69, 9.17) is 39.5 Å². The van der Waals surface area contributed by atoms with Crippen LogP contribution in [0, 0.1) is 6.92 Å². The van der Waals surface area contributed by atoms with Gasteiger partial charge in [0.25, 0.3) is 0 Å². The standard InChI is InChI=1S/C17H14Cl3NO2/c1-10-13(19)4-3-5-15(10)21-16(22)7-6-11-8-12(18)9-14(20)17(11)23-2/h3-9H,1-2H3,(H,21,22). The van der Waals surface area contributed by atoms with Gasteiger partial charge in [0.15, 0.2) is 0 Å². The van der Waals surface area contributed by atoms with Gasteiger partial charge in [-0.15, -0.1) is 0 Å². The zero-order chi connectivity index (χ0) is 17.0. The number of amides is 1. The molecule has 0 saturated heterocycles. The SMILES string of the molecule is COc1c(Cl)cc(Cl)cc1C=CC(=O)Nc1cccc(Cl)c1C. The highest BCUT2D eigenvalue weighted by Crippen LogP contribution is 2.33. The van der Waals surface area contributed by atoms with E-state index < -0.39 is 0 Å². The summed E-state index contributed by atoms with van der Waals surface area (Å²) < 4.78 is 5.23. The minimum atomic E-state index is -0.298. The monoisotopic (exact) mass is 369 g/mol. The van der Waals surface area contributed by atoms with Crippen molar-refractivity contribution in [3.8, 4) is 5.75 Å². The highest BCUT2D eigenvalue weighted by molar-refractivity contribution is 6.36. The largest absolute Gasteiger partial charge is 0.495 e. The number of hydrogen-bond acceptors (Lipinski definition) is 2. The molecule has 0 atom stereocenters. The quantitative estimate of drug-likeness (QED) is 0.710. The van der Waals surface area contributed by atoms with Crippen molar-refractivity contribution in [2.75, 3.05) is 12.4 Å². The molecule has 0 unspecified atom stereocenters. The Labute approximate surface area is 149 Å². The second-order valence-electron chi connectivity index (χ2n) is 4.75. The molecule has 0 aliphatic rings. The van der Waals surface area contributed by atoms with Gasteiger partial charge in [-0.1, -0.05) is 40.9 Å². The van der Waals surface area contributed by atoms with Crippen molar-refractivity contribution in [1.29, 1.82) is 0 Å². The molecular weight excluding hydrogens is 357 g/mol. The van der Waals surface area contributed by atoms with Crippen LogP contribution in [0.3, 0.4) is 0 Å². The fourth-order valence-electron chi connectivity index (χ4n) is 2.00. The van der Waals surface area contributed by atoms with E-state index in [0.717, 1.165) is 5.56 Å². The normalized spacial score (nSPS) is 10.8. The zero-order valence-electron chi connectivity index (χ0n) is 12.5. The number of carbonyl (C=O) groups excluding carboxylic acids is 1. The number of halogens is 3. The van der Waals surface area contributed by atoms with Crippen LogP contribution in [-0.4, -0.2) is 13.0 Å². The number of benzene rings is 2. The molecule has 0 spiro atoms. The smallest absolute Gasteiger partial charge is 0.248 e. The van der Waals surface area contributed by atoms with Gasteiger partial charge < -0.3 is 10.1 Å². The van der Waals surface area contributed by atoms with Gasteiger partial charge in [-0.25, -0.2) is 0 Å². The first-order chi connectivity index (χ1) is 10.9. The Balaban J connectivity index is 2.20. The Bertz CT molecular complexity index is 773. The summed E-state index contributed by atoms with van der Waals surface area (Å²) in [6, 6.07) is 8.56. The van der Waals surface area contributed by atoms with Crippen LogP contribution in [0.25, 0.3) is 6.08 Å². The van der Waals surface area contributed by atoms with E-state index in [9.17, 15) is 4.79 Å². The van der Waals surface area contributed by atoms with Crippen LogP contribution in [0.15, 0.2) is 36.4 Å². The van der Waals surface area contributed by atoms with Crippen molar-refractivity contribution in [1.82, 2.24) is 0 Å². The molecule has 0 saturated carbocycles. The van der Waals surface area contributed by atoms with E-state index in [0.29, 0.717) is 32.1 Å². The predicted octanol–water partition coefficient (Wildman–Crippen LogP) is 5.62. The molecule has 2 aromatic carbocycles. The lowest BCUT2D eigenvalue weighted by Crippen LogP contribution is -2.09. The van der Waals surface area contributed by atoms with Crippen molar-refractivity contribution in [2.45, 2.75) is 6.92 Å². The lowest BCUT2D eigenvalue weighted by molar-refractivity contribution is -0.111. The maximum Gasteiger partial charge on any atom is 0.248 e. The van der Waals surface area contributed by atoms with Crippen molar-refractivity contribution in [2.24, 2.45) is 0 Å². The average Bonchev–Trinajstić information content (AvgIpc) is 2.49. The van der Waals surface area contributed by atoms with Crippen LogP contribution in [0.2, 0.25) is 15.1 Å². The summed E-state index contributed by atoms with van der Waals surface area (Å²) in [6.07, 6.45) is 2.97. The summed E-state index contributed by atoms with van der Waals surface area (Å²) in [6.45, 7) is 1.83. The molecule has 0 aliphatic carbocycles. The lowest BCUT2D eigenvalue weighted by atomic mass is 10.1. The summed E-state index contributed by atoms with van der Waals surface area (Å²) >= 11 is 18.1. The summed E-state index contributed by atoms with van der Waals surface area (Å²) in [5.41, 5.74) is 2.07. The summed E-state index contributed by atoms with van der Waals surface area (Å²) in [7, 11) is 1.50. The van der Waals surface area contributed by atoms with E-state index in [2.05, 4.69) is 5.32 Å². The first-order valence-electron chi connectivity index (χ1n) is 6.69. The average molecular weight is 371 g/mol. The number of rotatable bonds is 4. The predicted molar refractivity (Wildman–Crippen MR) is 96.9 cm³/mol. The Morgan fingerprint density at radius 3 is 2.61 bits per heavy atom. The van der Waals surface area contributed by atoms with E-state index in [1.165, 1.54) is 13.2 Å². The molecule has 0 heterocycles. The minimum Gasteiger partial charge on any atom is -0.495 e. The topological polar surface area (TPSA) is 38.3 Å². The van der Waals surface area contributed by atoms with Crippen LogP contribution < -0.4 is 10.1 Å². The van der Waals surface area contributed by atoms with Crippen LogP contribution >= 0.6 is 34.8 Å². The van der Waals surface area contributed by atoms with Gasteiger partial charge in [-0.05, 0) is 42.8 Å². The number of carbonyl (C=O) groups is 1. The van der Waals surface area contributed by atoms with Gasteiger partial charge in [0.2, 0.25) is 5.91 Å². The molecule has 23 heavy (non-hydrogen) atoms. The third-order valence-electron chi connectivity index (χ3n) is 3.18. The minimum absolute atomic E-state index is 0.298. The molecule has 0 radical (unpaired) electrons. The van der Waals surface area contributed by atoms with Gasteiger partial charge in [0.1, 0.15) is 5.75 Å². The van der Waals surface area contributed by atoms with E-state index in [1.54, 1.807) is 36.4 Å².